The smallest absolute Gasteiger partial charge is 0.433 e. The van der Waals surface area contributed by atoms with E-state index in [2.05, 4.69) is 4.98 Å². The first-order valence-electron chi connectivity index (χ1n) is 19.6. The summed E-state index contributed by atoms with van der Waals surface area (Å²) in [4.78, 5) is 64.5. The van der Waals surface area contributed by atoms with Crippen molar-refractivity contribution in [3.8, 4) is 22.1 Å². The van der Waals surface area contributed by atoms with Crippen LogP contribution in [0, 0.1) is 41.9 Å². The van der Waals surface area contributed by atoms with Gasteiger partial charge in [-0.15, -0.1) is 11.3 Å². The number of carbonyl (C=O) groups is 4. The zero-order chi connectivity index (χ0) is 44.3. The fraction of sp³-hybridized carbons (Fsp3) is 0.318. The molecule has 2 saturated heterocycles. The van der Waals surface area contributed by atoms with Crippen molar-refractivity contribution >= 4 is 86.0 Å². The molecule has 3 aromatic heterocycles. The Bertz CT molecular complexity index is 2840. The van der Waals surface area contributed by atoms with Crippen LogP contribution in [0.4, 0.5) is 24.8 Å². The fourth-order valence-corrected chi connectivity index (χ4v) is 11.4. The number of ether oxygens (including phenoxy) is 1. The lowest BCUT2D eigenvalue weighted by Gasteiger charge is -2.47. The molecule has 1 saturated carbocycles. The van der Waals surface area contributed by atoms with Gasteiger partial charge in [-0.25, -0.2) is 9.88 Å². The van der Waals surface area contributed by atoms with Crippen LogP contribution in [0.3, 0.4) is 0 Å². The normalized spacial score (nSPS) is 24.9. The van der Waals surface area contributed by atoms with Crippen LogP contribution in [0.1, 0.15) is 36.6 Å². The number of anilines is 2. The third-order valence-electron chi connectivity index (χ3n) is 12.9. The molecule has 4 amide bonds. The molecule has 62 heavy (non-hydrogen) atoms. The van der Waals surface area contributed by atoms with Gasteiger partial charge in [-0.3, -0.25) is 28.9 Å². The van der Waals surface area contributed by atoms with Gasteiger partial charge in [0.2, 0.25) is 11.8 Å². The Morgan fingerprint density at radius 3 is 2.50 bits per heavy atom. The number of hydrogen-bond donors (Lipinski definition) is 1. The summed E-state index contributed by atoms with van der Waals surface area (Å²) >= 11 is 14.1. The van der Waals surface area contributed by atoms with E-state index >= 15 is 4.79 Å². The summed E-state index contributed by atoms with van der Waals surface area (Å²) in [5.74, 6) is -6.75. The summed E-state index contributed by atoms with van der Waals surface area (Å²) in [5.41, 5.74) is 0.169. The predicted molar refractivity (Wildman–Crippen MR) is 227 cm³/mol. The molecule has 0 bridgehead atoms. The Morgan fingerprint density at radius 1 is 1.02 bits per heavy atom. The van der Waals surface area contributed by atoms with E-state index in [0.29, 0.717) is 27.9 Å². The number of benzene rings is 2. The number of hydrogen-bond acceptors (Lipinski definition) is 10. The highest BCUT2D eigenvalue weighted by molar-refractivity contribution is 7.22. The van der Waals surface area contributed by atoms with E-state index in [0.717, 1.165) is 36.6 Å². The maximum atomic E-state index is 15.1. The molecule has 0 radical (unpaired) electrons. The van der Waals surface area contributed by atoms with E-state index in [1.54, 1.807) is 38.2 Å². The number of hydrazine groups is 1. The van der Waals surface area contributed by atoms with Gasteiger partial charge in [0.05, 0.1) is 40.2 Å². The van der Waals surface area contributed by atoms with Gasteiger partial charge in [-0.2, -0.15) is 23.3 Å². The average Bonchev–Trinajstić information content (AvgIpc) is 3.90. The number of rotatable bonds is 7. The number of nitrogens with zero attached hydrogens (tertiary/aromatic N) is 6. The minimum atomic E-state index is -4.82. The number of aromatic nitrogens is 3. The molecule has 12 nitrogen and oxygen atoms in total. The van der Waals surface area contributed by atoms with Gasteiger partial charge in [-0.05, 0) is 91.6 Å². The molecule has 1 N–H and O–H groups in total. The maximum absolute atomic E-state index is 15.1. The first-order chi connectivity index (χ1) is 29.3. The number of phenols is 1. The number of carbonyl (C=O) groups excluding carboxylic acids is 4. The van der Waals surface area contributed by atoms with E-state index in [9.17, 15) is 32.7 Å². The minimum Gasteiger partial charge on any atom is -0.504 e. The van der Waals surface area contributed by atoms with Gasteiger partial charge in [-0.1, -0.05) is 53.1 Å². The van der Waals surface area contributed by atoms with Crippen LogP contribution in [-0.4, -0.2) is 62.7 Å². The van der Waals surface area contributed by atoms with Gasteiger partial charge in [0.15, 0.2) is 17.3 Å². The minimum absolute atomic E-state index is 0.0297. The Labute approximate surface area is 366 Å². The van der Waals surface area contributed by atoms with Crippen LogP contribution in [0.15, 0.2) is 72.3 Å². The summed E-state index contributed by atoms with van der Waals surface area (Å²) in [6, 6.07) is 13.8. The van der Waals surface area contributed by atoms with Crippen LogP contribution >= 0.6 is 34.5 Å². The van der Waals surface area contributed by atoms with Crippen molar-refractivity contribution in [3.63, 3.8) is 0 Å². The lowest BCUT2D eigenvalue weighted by atomic mass is 9.52. The number of fused-ring (bicyclic) bond motifs is 5. The monoisotopic (exact) mass is 904 g/mol. The number of thiophene rings is 1. The van der Waals surface area contributed by atoms with Crippen LogP contribution in [0.5, 0.6) is 11.5 Å². The highest BCUT2D eigenvalue weighted by Crippen LogP contribution is 2.61. The predicted octanol–water partition coefficient (Wildman–Crippen LogP) is 8.87. The number of imide groups is 2. The highest BCUT2D eigenvalue weighted by atomic mass is 35.5. The molecule has 6 atom stereocenters. The molecule has 3 fully saturated rings. The van der Waals surface area contributed by atoms with Crippen molar-refractivity contribution in [2.75, 3.05) is 24.1 Å². The first-order valence-corrected chi connectivity index (χ1v) is 21.1. The number of pyridine rings is 1. The summed E-state index contributed by atoms with van der Waals surface area (Å²) in [7, 11) is 4.32. The van der Waals surface area contributed by atoms with Crippen molar-refractivity contribution in [1.82, 2.24) is 19.8 Å². The van der Waals surface area contributed by atoms with Gasteiger partial charge in [0.25, 0.3) is 11.8 Å². The standard InChI is InChI=1S/C44H37Cl2F3N6O6S/c1-20-25-17-22(45)8-14-33(25)62-37(20)30-19-35(52(3)51-30)54-40(58)28-18-26-23(27(43(28,2)42(54)60)11-6-21-7-13-31(56)32(16-21)61-5)9-10-24-36(26)41(59)55(39(24)57)53(4)38-29(46)12-15-34(50-38)44(47,48)49/h6-9,11-17,19,24,26-28,36,56H,10,18H2,1-5H3/t24-,26+,27-,28-,36-,43-/m0/s1. The zero-order valence-corrected chi connectivity index (χ0v) is 36.0. The molecule has 2 aromatic carbocycles. The van der Waals surface area contributed by atoms with Crippen molar-refractivity contribution in [2.24, 2.45) is 42.1 Å². The second kappa shape index (κ2) is 14.7. The van der Waals surface area contributed by atoms with Crippen molar-refractivity contribution in [3.05, 3.63) is 99.2 Å². The Balaban J connectivity index is 1.12. The highest BCUT2D eigenvalue weighted by Gasteiger charge is 2.67. The van der Waals surface area contributed by atoms with Gasteiger partial charge in [0, 0.05) is 35.8 Å². The number of amides is 4. The third-order valence-corrected chi connectivity index (χ3v) is 14.8. The lowest BCUT2D eigenvalue weighted by Crippen LogP contribution is -2.50. The van der Waals surface area contributed by atoms with E-state index in [1.807, 2.05) is 37.3 Å². The number of aryl methyl sites for hydroxylation is 2. The van der Waals surface area contributed by atoms with Gasteiger partial charge in [0.1, 0.15) is 17.2 Å². The number of halogens is 5. The van der Waals surface area contributed by atoms with Gasteiger partial charge < -0.3 is 9.84 Å². The summed E-state index contributed by atoms with van der Waals surface area (Å²) in [6.07, 6.45) is 0.710. The van der Waals surface area contributed by atoms with E-state index in [4.69, 9.17) is 33.0 Å². The molecule has 5 aromatic rings. The molecule has 2 aliphatic carbocycles. The molecule has 0 spiro atoms. The number of aromatic hydroxyl groups is 1. The number of allylic oxidation sites excluding steroid dienone is 3. The summed E-state index contributed by atoms with van der Waals surface area (Å²) in [5, 5.41) is 18.1. The van der Waals surface area contributed by atoms with E-state index < -0.39 is 76.3 Å². The van der Waals surface area contributed by atoms with Gasteiger partial charge >= 0.3 is 6.18 Å². The molecule has 320 valence electrons. The van der Waals surface area contributed by atoms with E-state index in [-0.39, 0.29) is 35.2 Å². The molecule has 4 aliphatic rings. The second-order valence-electron chi connectivity index (χ2n) is 16.2. The molecule has 0 unspecified atom stereocenters. The maximum Gasteiger partial charge on any atom is 0.433 e. The van der Waals surface area contributed by atoms with Crippen LogP contribution in [0.25, 0.3) is 26.7 Å². The molecule has 9 rings (SSSR count). The quantitative estimate of drug-likeness (QED) is 0.125. The van der Waals surface area contributed by atoms with Crippen LogP contribution < -0.4 is 14.6 Å². The summed E-state index contributed by atoms with van der Waals surface area (Å²) in [6.45, 7) is 3.70. The largest absolute Gasteiger partial charge is 0.504 e. The second-order valence-corrected chi connectivity index (χ2v) is 18.1. The van der Waals surface area contributed by atoms with Crippen molar-refractivity contribution < 1.29 is 42.2 Å². The lowest BCUT2D eigenvalue weighted by molar-refractivity contribution is -0.141. The Hall–Kier alpha value is -5.71. The van der Waals surface area contributed by atoms with E-state index in [1.165, 1.54) is 41.1 Å². The zero-order valence-electron chi connectivity index (χ0n) is 33.7. The molecular formula is C44H37Cl2F3N6O6S. The van der Waals surface area contributed by atoms with Crippen molar-refractivity contribution in [1.29, 1.82) is 0 Å². The summed E-state index contributed by atoms with van der Waals surface area (Å²) < 4.78 is 49.0. The topological polar surface area (TPSA) is 138 Å². The van der Waals surface area contributed by atoms with Crippen molar-refractivity contribution in [2.45, 2.75) is 32.9 Å². The molecular weight excluding hydrogens is 868 g/mol. The molecule has 18 heteroatoms. The third kappa shape index (κ3) is 6.23. The SMILES string of the molecule is COc1cc(C=C[C@H]2C3=CC[C@@H]4C(=O)N(N(C)c5nc(C(F)(F)F)ccc5Cl)C(=O)[C@@H]4[C@@H]3C[C@H]3C(=O)N(c4cc(-c5sc6ccc(Cl)cc6c5C)nn4C)C(=O)[C@@]23C)ccc1O. The van der Waals surface area contributed by atoms with Crippen LogP contribution in [0.2, 0.25) is 10.0 Å². The molecule has 2 aliphatic heterocycles. The Kier molecular flexibility index (Phi) is 9.87. The number of phenolic OH excluding ortho intramolecular Hbond substituents is 1. The van der Waals surface area contributed by atoms with Crippen LogP contribution in [-0.2, 0) is 32.4 Å². The fourth-order valence-electron chi connectivity index (χ4n) is 9.85. The average molecular weight is 906 g/mol. The number of methoxy groups -OCH3 is 1. The Morgan fingerprint density at radius 2 is 1.77 bits per heavy atom. The first kappa shape index (κ1) is 41.6. The number of alkyl halides is 3. The molecule has 5 heterocycles.